The minimum Gasteiger partial charge on any atom is -0.497 e. The van der Waals surface area contributed by atoms with Crippen molar-refractivity contribution >= 4 is 11.7 Å². The first-order chi connectivity index (χ1) is 11.1. The smallest absolute Gasteiger partial charge is 0.236 e. The van der Waals surface area contributed by atoms with Gasteiger partial charge in [0.1, 0.15) is 17.4 Å². The van der Waals surface area contributed by atoms with Crippen LogP contribution in [-0.2, 0) is 9.59 Å². The van der Waals surface area contributed by atoms with Crippen LogP contribution in [0.1, 0.15) is 31.2 Å². The highest BCUT2D eigenvalue weighted by molar-refractivity contribution is 6.19. The highest BCUT2D eigenvalue weighted by atomic mass is 16.5. The van der Waals surface area contributed by atoms with Crippen molar-refractivity contribution < 1.29 is 19.1 Å². The average molecular weight is 313 g/mol. The van der Waals surface area contributed by atoms with Crippen molar-refractivity contribution in [3.8, 4) is 23.3 Å². The fourth-order valence-corrected chi connectivity index (χ4v) is 3.23. The number of nitrogens with one attached hydrogen (secondary N) is 1. The van der Waals surface area contributed by atoms with Gasteiger partial charge in [-0.05, 0) is 25.8 Å². The monoisotopic (exact) mass is 313 g/mol. The summed E-state index contributed by atoms with van der Waals surface area (Å²) in [6.07, 6.45) is 1.82. The number of carbonyl (C=O) groups excluding carboxylic acids is 2. The molecule has 1 amide bonds. The number of carbonyl (C=O) groups is 2. The molecule has 2 atom stereocenters. The molecule has 0 radical (unpaired) electrons. The standard InChI is InChI=1S/C18H19NO4/c1-4-9-18(11-5-6-11)16(20)15(17(21)19-18)13-8-7-12(22-2)10-14(13)23-3/h7-8,10-11,15H,5-6H2,1-3H3,(H,19,21). The number of amides is 1. The quantitative estimate of drug-likeness (QED) is 0.678. The van der Waals surface area contributed by atoms with E-state index in [9.17, 15) is 9.59 Å². The Morgan fingerprint density at radius 1 is 1.22 bits per heavy atom. The summed E-state index contributed by atoms with van der Waals surface area (Å²) in [5.41, 5.74) is -0.488. The maximum Gasteiger partial charge on any atom is 0.236 e. The van der Waals surface area contributed by atoms with E-state index < -0.39 is 11.5 Å². The zero-order valence-corrected chi connectivity index (χ0v) is 13.4. The third kappa shape index (κ3) is 2.35. The highest BCUT2D eigenvalue weighted by Gasteiger charge is 2.59. The summed E-state index contributed by atoms with van der Waals surface area (Å²) < 4.78 is 10.5. The Balaban J connectivity index is 2.05. The molecule has 1 aliphatic carbocycles. The molecule has 23 heavy (non-hydrogen) atoms. The van der Waals surface area contributed by atoms with Gasteiger partial charge in [-0.3, -0.25) is 9.59 Å². The fraction of sp³-hybridized carbons (Fsp3) is 0.444. The second-order valence-corrected chi connectivity index (χ2v) is 5.85. The van der Waals surface area contributed by atoms with Crippen LogP contribution >= 0.6 is 0 Å². The van der Waals surface area contributed by atoms with E-state index in [0.717, 1.165) is 12.8 Å². The van der Waals surface area contributed by atoms with Crippen molar-refractivity contribution in [3.05, 3.63) is 23.8 Å². The molecule has 5 heteroatoms. The van der Waals surface area contributed by atoms with E-state index in [0.29, 0.717) is 17.1 Å². The van der Waals surface area contributed by atoms with Crippen molar-refractivity contribution in [1.82, 2.24) is 5.32 Å². The van der Waals surface area contributed by atoms with E-state index >= 15 is 0 Å². The molecule has 1 saturated heterocycles. The van der Waals surface area contributed by atoms with Gasteiger partial charge in [0.15, 0.2) is 11.3 Å². The fourth-order valence-electron chi connectivity index (χ4n) is 3.23. The second kappa shape index (κ2) is 5.62. The Morgan fingerprint density at radius 2 is 1.96 bits per heavy atom. The topological polar surface area (TPSA) is 64.6 Å². The zero-order chi connectivity index (χ0) is 16.6. The number of benzene rings is 1. The van der Waals surface area contributed by atoms with Gasteiger partial charge < -0.3 is 14.8 Å². The molecular weight excluding hydrogens is 294 g/mol. The van der Waals surface area contributed by atoms with Crippen LogP contribution in [0.3, 0.4) is 0 Å². The van der Waals surface area contributed by atoms with Crippen LogP contribution < -0.4 is 14.8 Å². The molecule has 1 N–H and O–H groups in total. The van der Waals surface area contributed by atoms with E-state index in [4.69, 9.17) is 9.47 Å². The van der Waals surface area contributed by atoms with E-state index in [1.54, 1.807) is 32.2 Å². The molecule has 0 spiro atoms. The molecule has 1 heterocycles. The summed E-state index contributed by atoms with van der Waals surface area (Å²) in [4.78, 5) is 25.6. The molecule has 2 fully saturated rings. The number of rotatable bonds is 4. The third-order valence-corrected chi connectivity index (χ3v) is 4.50. The maximum atomic E-state index is 13.1. The van der Waals surface area contributed by atoms with Gasteiger partial charge in [0, 0.05) is 17.5 Å². The summed E-state index contributed by atoms with van der Waals surface area (Å²) in [6.45, 7) is 1.69. The van der Waals surface area contributed by atoms with Gasteiger partial charge in [-0.2, -0.15) is 0 Å². The molecule has 3 rings (SSSR count). The summed E-state index contributed by atoms with van der Waals surface area (Å²) in [5, 5.41) is 2.86. The lowest BCUT2D eigenvalue weighted by Crippen LogP contribution is -2.47. The maximum absolute atomic E-state index is 13.1. The van der Waals surface area contributed by atoms with Crippen molar-refractivity contribution in [1.29, 1.82) is 0 Å². The normalized spacial score (nSPS) is 26.3. The first-order valence-electron chi connectivity index (χ1n) is 7.59. The number of hydrogen-bond donors (Lipinski definition) is 1. The minimum absolute atomic E-state index is 0.112. The lowest BCUT2D eigenvalue weighted by molar-refractivity contribution is -0.125. The van der Waals surface area contributed by atoms with Crippen molar-refractivity contribution in [3.63, 3.8) is 0 Å². The van der Waals surface area contributed by atoms with Crippen molar-refractivity contribution in [2.45, 2.75) is 31.2 Å². The van der Waals surface area contributed by atoms with Crippen LogP contribution in [0.15, 0.2) is 18.2 Å². The van der Waals surface area contributed by atoms with Crippen LogP contribution in [0, 0.1) is 17.8 Å². The predicted octanol–water partition coefficient (Wildman–Crippen LogP) is 1.66. The Kier molecular flexibility index (Phi) is 3.77. The molecule has 0 aromatic heterocycles. The van der Waals surface area contributed by atoms with Crippen molar-refractivity contribution in [2.24, 2.45) is 5.92 Å². The molecule has 2 aliphatic rings. The Morgan fingerprint density at radius 3 is 2.52 bits per heavy atom. The summed E-state index contributed by atoms with van der Waals surface area (Å²) in [6, 6.07) is 5.11. The van der Waals surface area contributed by atoms with Gasteiger partial charge in [0.05, 0.1) is 14.2 Å². The van der Waals surface area contributed by atoms with Gasteiger partial charge in [-0.1, -0.05) is 12.0 Å². The minimum atomic E-state index is -1.04. The van der Waals surface area contributed by atoms with Gasteiger partial charge in [0.2, 0.25) is 5.91 Å². The number of ketones is 1. The van der Waals surface area contributed by atoms with E-state index in [1.807, 2.05) is 0 Å². The van der Waals surface area contributed by atoms with E-state index in [2.05, 4.69) is 17.2 Å². The molecule has 1 saturated carbocycles. The highest BCUT2D eigenvalue weighted by Crippen LogP contribution is 2.47. The molecule has 1 aromatic carbocycles. The number of ether oxygens (including phenoxy) is 2. The van der Waals surface area contributed by atoms with Gasteiger partial charge in [-0.15, -0.1) is 5.92 Å². The van der Waals surface area contributed by atoms with Gasteiger partial charge in [0.25, 0.3) is 0 Å². The summed E-state index contributed by atoms with van der Waals surface area (Å²) >= 11 is 0. The Hall–Kier alpha value is -2.48. The molecule has 5 nitrogen and oxygen atoms in total. The van der Waals surface area contributed by atoms with Crippen molar-refractivity contribution in [2.75, 3.05) is 14.2 Å². The number of methoxy groups -OCH3 is 2. The zero-order valence-electron chi connectivity index (χ0n) is 13.4. The van der Waals surface area contributed by atoms with Gasteiger partial charge in [-0.25, -0.2) is 0 Å². The Labute approximate surface area is 135 Å². The molecule has 2 unspecified atom stereocenters. The molecule has 1 aromatic rings. The van der Waals surface area contributed by atoms with Crippen LogP contribution in [-0.4, -0.2) is 31.4 Å². The molecule has 120 valence electrons. The molecular formula is C18H19NO4. The molecule has 1 aliphatic heterocycles. The largest absolute Gasteiger partial charge is 0.497 e. The first kappa shape index (κ1) is 15.4. The third-order valence-electron chi connectivity index (χ3n) is 4.50. The predicted molar refractivity (Wildman–Crippen MR) is 84.3 cm³/mol. The van der Waals surface area contributed by atoms with Crippen LogP contribution in [0.2, 0.25) is 0 Å². The summed E-state index contributed by atoms with van der Waals surface area (Å²) in [5.74, 6) is 5.57. The number of hydrogen-bond acceptors (Lipinski definition) is 4. The second-order valence-electron chi connectivity index (χ2n) is 5.85. The SMILES string of the molecule is CC#CC1(C2CC2)NC(=O)C(c2ccc(OC)cc2OC)C1=O. The summed E-state index contributed by atoms with van der Waals surface area (Å²) in [7, 11) is 3.06. The lowest BCUT2D eigenvalue weighted by Gasteiger charge is -2.21. The average Bonchev–Trinajstić information content (AvgIpc) is 3.36. The van der Waals surface area contributed by atoms with Crippen LogP contribution in [0.5, 0.6) is 11.5 Å². The Bertz CT molecular complexity index is 726. The number of Topliss-reactive ketones (excluding diaryl/α,β-unsaturated/α-hetero) is 1. The van der Waals surface area contributed by atoms with Crippen LogP contribution in [0.25, 0.3) is 0 Å². The van der Waals surface area contributed by atoms with E-state index in [-0.39, 0.29) is 17.6 Å². The van der Waals surface area contributed by atoms with E-state index in [1.165, 1.54) is 7.11 Å². The van der Waals surface area contributed by atoms with Crippen LogP contribution in [0.4, 0.5) is 0 Å². The van der Waals surface area contributed by atoms with Gasteiger partial charge >= 0.3 is 0 Å². The first-order valence-corrected chi connectivity index (χ1v) is 7.59. The molecule has 0 bridgehead atoms. The lowest BCUT2D eigenvalue weighted by atomic mass is 9.83.